The molecule has 0 saturated heterocycles. The molecule has 0 radical (unpaired) electrons. The first-order valence-electron chi connectivity index (χ1n) is 10.9. The summed E-state index contributed by atoms with van der Waals surface area (Å²) >= 11 is 0. The van der Waals surface area contributed by atoms with Gasteiger partial charge in [0.1, 0.15) is 16.9 Å². The molecule has 9 heteroatoms. The fraction of sp³-hybridized carbons (Fsp3) is 0.160. The lowest BCUT2D eigenvalue weighted by atomic mass is 10.2. The third-order valence-corrected chi connectivity index (χ3v) is 5.67. The Morgan fingerprint density at radius 3 is 2.50 bits per heavy atom. The summed E-state index contributed by atoms with van der Waals surface area (Å²) < 4.78 is 4.82. The van der Waals surface area contributed by atoms with E-state index >= 15 is 0 Å². The molecule has 0 aliphatic rings. The third-order valence-electron chi connectivity index (χ3n) is 5.67. The van der Waals surface area contributed by atoms with Gasteiger partial charge in [-0.1, -0.05) is 24.3 Å². The van der Waals surface area contributed by atoms with Gasteiger partial charge in [0, 0.05) is 31.3 Å². The Hall–Kier alpha value is -4.53. The molecule has 9 nitrogen and oxygen atoms in total. The molecule has 34 heavy (non-hydrogen) atoms. The Kier molecular flexibility index (Phi) is 5.51. The van der Waals surface area contributed by atoms with Crippen LogP contribution in [0.25, 0.3) is 22.4 Å². The molecule has 5 rings (SSSR count). The van der Waals surface area contributed by atoms with E-state index in [2.05, 4.69) is 15.4 Å². The Morgan fingerprint density at radius 2 is 1.79 bits per heavy atom. The van der Waals surface area contributed by atoms with Gasteiger partial charge in [-0.2, -0.15) is 10.2 Å². The van der Waals surface area contributed by atoms with Crippen LogP contribution in [0.1, 0.15) is 24.2 Å². The van der Waals surface area contributed by atoms with Gasteiger partial charge in [-0.3, -0.25) is 14.6 Å². The molecule has 0 spiro atoms. The number of carbonyl (C=O) groups excluding carboxylic acids is 1. The lowest BCUT2D eigenvalue weighted by Crippen LogP contribution is -2.37. The molecule has 170 valence electrons. The van der Waals surface area contributed by atoms with Gasteiger partial charge in [0.25, 0.3) is 5.56 Å². The molecule has 1 atom stereocenters. The highest BCUT2D eigenvalue weighted by Gasteiger charge is 2.25. The minimum absolute atomic E-state index is 0.310. The highest BCUT2D eigenvalue weighted by Crippen LogP contribution is 2.25. The van der Waals surface area contributed by atoms with Gasteiger partial charge in [-0.05, 0) is 49.7 Å². The number of rotatable bonds is 6. The molecule has 4 heterocycles. The largest absolute Gasteiger partial charge is 0.350 e. The number of aromatic nitrogens is 6. The normalized spacial score (nSPS) is 12.1. The molecule has 0 fully saturated rings. The summed E-state index contributed by atoms with van der Waals surface area (Å²) in [6, 6.07) is 16.2. The monoisotopic (exact) mass is 453 g/mol. The van der Waals surface area contributed by atoms with Crippen molar-refractivity contribution in [2.45, 2.75) is 26.4 Å². The number of para-hydroxylation sites is 1. The topological polar surface area (TPSA) is 99.6 Å². The maximum absolute atomic E-state index is 13.7. The van der Waals surface area contributed by atoms with Crippen molar-refractivity contribution in [2.24, 2.45) is 0 Å². The zero-order chi connectivity index (χ0) is 23.7. The summed E-state index contributed by atoms with van der Waals surface area (Å²) in [4.78, 5) is 30.7. The summed E-state index contributed by atoms with van der Waals surface area (Å²) in [6.07, 6.45) is 7.08. The zero-order valence-corrected chi connectivity index (χ0v) is 18.8. The number of amides is 1. The van der Waals surface area contributed by atoms with E-state index in [-0.39, 0.29) is 11.5 Å². The number of nitrogens with zero attached hydrogens (tertiary/aromatic N) is 6. The van der Waals surface area contributed by atoms with Gasteiger partial charge in [-0.15, -0.1) is 0 Å². The van der Waals surface area contributed by atoms with Crippen molar-refractivity contribution in [3.63, 3.8) is 0 Å². The zero-order valence-electron chi connectivity index (χ0n) is 18.8. The summed E-state index contributed by atoms with van der Waals surface area (Å²) in [5.41, 5.74) is 2.36. The van der Waals surface area contributed by atoms with Gasteiger partial charge in [0.15, 0.2) is 5.82 Å². The second-order valence-corrected chi connectivity index (χ2v) is 7.98. The van der Waals surface area contributed by atoms with Crippen LogP contribution in [-0.2, 0) is 11.3 Å². The Balaban J connectivity index is 1.61. The lowest BCUT2D eigenvalue weighted by molar-refractivity contribution is -0.124. The molecule has 4 aromatic heterocycles. The van der Waals surface area contributed by atoms with E-state index in [1.54, 1.807) is 37.0 Å². The van der Waals surface area contributed by atoms with Crippen LogP contribution in [0.4, 0.5) is 0 Å². The van der Waals surface area contributed by atoms with Crippen LogP contribution in [0.2, 0.25) is 0 Å². The van der Waals surface area contributed by atoms with E-state index in [9.17, 15) is 9.59 Å². The van der Waals surface area contributed by atoms with Crippen molar-refractivity contribution in [1.82, 2.24) is 34.4 Å². The number of hydrogen-bond acceptors (Lipinski definition) is 5. The van der Waals surface area contributed by atoms with E-state index in [4.69, 9.17) is 5.10 Å². The Morgan fingerprint density at radius 1 is 1.03 bits per heavy atom. The van der Waals surface area contributed by atoms with Crippen LogP contribution >= 0.6 is 0 Å². The van der Waals surface area contributed by atoms with Crippen LogP contribution in [0.3, 0.4) is 0 Å². The Bertz CT molecular complexity index is 1500. The molecule has 0 aliphatic carbocycles. The molecule has 0 unspecified atom stereocenters. The van der Waals surface area contributed by atoms with E-state index in [0.717, 1.165) is 11.3 Å². The summed E-state index contributed by atoms with van der Waals surface area (Å²) in [6.45, 7) is 3.77. The van der Waals surface area contributed by atoms with Gasteiger partial charge < -0.3 is 9.88 Å². The quantitative estimate of drug-likeness (QED) is 0.426. The molecular formula is C25H23N7O2. The van der Waals surface area contributed by atoms with Crippen molar-refractivity contribution in [3.8, 4) is 11.5 Å². The molecule has 1 aromatic carbocycles. The first kappa shape index (κ1) is 21.3. The standard InChI is InChI=1S/C25H23N7O2/c1-17-22-21(24(30-13-6-7-14-30)32(29-22)20-10-4-3-5-11-20)25(34)31(28-17)18(2)23(33)27-16-19-9-8-12-26-15-19/h3-15,18H,16H2,1-2H3,(H,27,33)/t18-/m1/s1. The van der Waals surface area contributed by atoms with Gasteiger partial charge >= 0.3 is 0 Å². The van der Waals surface area contributed by atoms with Crippen LogP contribution in [0, 0.1) is 6.92 Å². The molecule has 0 saturated carbocycles. The molecule has 1 N–H and O–H groups in total. The third kappa shape index (κ3) is 3.77. The minimum Gasteiger partial charge on any atom is -0.350 e. The number of aryl methyl sites for hydroxylation is 1. The fourth-order valence-corrected chi connectivity index (χ4v) is 3.90. The Labute approximate surface area is 195 Å². The highest BCUT2D eigenvalue weighted by molar-refractivity contribution is 5.88. The van der Waals surface area contributed by atoms with Crippen molar-refractivity contribution < 1.29 is 4.79 Å². The van der Waals surface area contributed by atoms with Gasteiger partial charge in [-0.25, -0.2) is 9.36 Å². The minimum atomic E-state index is -0.815. The summed E-state index contributed by atoms with van der Waals surface area (Å²) in [7, 11) is 0. The predicted octanol–water partition coefficient (Wildman–Crippen LogP) is 2.95. The van der Waals surface area contributed by atoms with Crippen LogP contribution in [-0.4, -0.2) is 35.0 Å². The van der Waals surface area contributed by atoms with E-state index < -0.39 is 6.04 Å². The molecule has 5 aromatic rings. The number of pyridine rings is 1. The van der Waals surface area contributed by atoms with E-state index in [1.807, 2.05) is 65.5 Å². The van der Waals surface area contributed by atoms with Crippen molar-refractivity contribution in [1.29, 1.82) is 0 Å². The molecule has 0 aliphatic heterocycles. The first-order valence-corrected chi connectivity index (χ1v) is 10.9. The van der Waals surface area contributed by atoms with Gasteiger partial charge in [0.05, 0.1) is 11.4 Å². The first-order chi connectivity index (χ1) is 16.5. The summed E-state index contributed by atoms with van der Waals surface area (Å²) in [5.74, 6) is 0.286. The average Bonchev–Trinajstić information content (AvgIpc) is 3.54. The molecule has 1 amide bonds. The average molecular weight is 454 g/mol. The second kappa shape index (κ2) is 8.78. The van der Waals surface area contributed by atoms with Crippen molar-refractivity contribution in [2.75, 3.05) is 0 Å². The van der Waals surface area contributed by atoms with E-state index in [1.165, 1.54) is 4.68 Å². The SMILES string of the molecule is Cc1nn([C@H](C)C(=O)NCc2cccnc2)c(=O)c2c(-n3cccc3)n(-c3ccccc3)nc12. The van der Waals surface area contributed by atoms with E-state index in [0.29, 0.717) is 29.0 Å². The van der Waals surface area contributed by atoms with Crippen LogP contribution < -0.4 is 10.9 Å². The van der Waals surface area contributed by atoms with Crippen molar-refractivity contribution >= 4 is 16.8 Å². The fourth-order valence-electron chi connectivity index (χ4n) is 3.90. The predicted molar refractivity (Wildman–Crippen MR) is 128 cm³/mol. The maximum atomic E-state index is 13.7. The highest BCUT2D eigenvalue weighted by atomic mass is 16.2. The lowest BCUT2D eigenvalue weighted by Gasteiger charge is -2.15. The maximum Gasteiger partial charge on any atom is 0.280 e. The van der Waals surface area contributed by atoms with Crippen molar-refractivity contribution in [3.05, 3.63) is 101 Å². The number of hydrogen-bond donors (Lipinski definition) is 1. The number of fused-ring (bicyclic) bond motifs is 1. The second-order valence-electron chi connectivity index (χ2n) is 7.98. The van der Waals surface area contributed by atoms with Crippen LogP contribution in [0.5, 0.6) is 0 Å². The smallest absolute Gasteiger partial charge is 0.280 e. The molecular weight excluding hydrogens is 430 g/mol. The number of carbonyl (C=O) groups is 1. The number of benzene rings is 1. The van der Waals surface area contributed by atoms with Crippen LogP contribution in [0.15, 0.2) is 84.2 Å². The number of nitrogens with one attached hydrogen (secondary N) is 1. The van der Waals surface area contributed by atoms with Gasteiger partial charge in [0.2, 0.25) is 5.91 Å². The summed E-state index contributed by atoms with van der Waals surface area (Å²) in [5, 5.41) is 12.4. The molecule has 0 bridgehead atoms.